The lowest BCUT2D eigenvalue weighted by atomic mass is 10.1. The van der Waals surface area contributed by atoms with Crippen molar-refractivity contribution in [1.82, 2.24) is 15.6 Å². The normalized spacial score (nSPS) is 19.5. The average Bonchev–Trinajstić information content (AvgIpc) is 2.94. The first kappa shape index (κ1) is 14.1. The number of aromatic nitrogens is 1. The van der Waals surface area contributed by atoms with E-state index < -0.39 is 0 Å². The van der Waals surface area contributed by atoms with Gasteiger partial charge in [0.15, 0.2) is 5.13 Å². The molecule has 2 amide bonds. The highest BCUT2D eigenvalue weighted by Crippen LogP contribution is 2.26. The van der Waals surface area contributed by atoms with Crippen molar-refractivity contribution >= 4 is 22.5 Å². The van der Waals surface area contributed by atoms with Crippen LogP contribution in [0.15, 0.2) is 11.6 Å². The molecule has 1 aromatic heterocycles. The van der Waals surface area contributed by atoms with Crippen molar-refractivity contribution in [3.8, 4) is 0 Å². The molecule has 106 valence electrons. The number of carbonyl (C=O) groups is 1. The van der Waals surface area contributed by atoms with Gasteiger partial charge in [-0.05, 0) is 33.6 Å². The summed E-state index contributed by atoms with van der Waals surface area (Å²) in [6, 6.07) is 0.260. The number of nitrogens with zero attached hydrogens (tertiary/aromatic N) is 2. The first-order valence-corrected chi connectivity index (χ1v) is 7.56. The van der Waals surface area contributed by atoms with Gasteiger partial charge in [-0.15, -0.1) is 11.3 Å². The molecule has 1 unspecified atom stereocenters. The first-order valence-electron chi connectivity index (χ1n) is 6.68. The van der Waals surface area contributed by atoms with Crippen LogP contribution in [-0.4, -0.2) is 35.7 Å². The molecule has 1 aliphatic rings. The first-order chi connectivity index (χ1) is 8.96. The predicted octanol–water partition coefficient (Wildman–Crippen LogP) is 2.21. The highest BCUT2D eigenvalue weighted by atomic mass is 32.1. The number of nitrogens with one attached hydrogen (secondary N) is 2. The number of anilines is 1. The third-order valence-electron chi connectivity index (χ3n) is 3.03. The van der Waals surface area contributed by atoms with Crippen molar-refractivity contribution in [1.29, 1.82) is 0 Å². The van der Waals surface area contributed by atoms with Gasteiger partial charge in [-0.2, -0.15) is 0 Å². The molecule has 1 fully saturated rings. The van der Waals surface area contributed by atoms with E-state index in [2.05, 4.69) is 20.5 Å². The molecule has 1 saturated heterocycles. The van der Waals surface area contributed by atoms with Gasteiger partial charge in [0.2, 0.25) is 0 Å². The van der Waals surface area contributed by atoms with E-state index in [1.54, 1.807) is 11.3 Å². The molecular formula is C13H22N4OS. The summed E-state index contributed by atoms with van der Waals surface area (Å²) in [5.74, 6) is 0. The van der Waals surface area contributed by atoms with Crippen LogP contribution in [0.1, 0.15) is 33.6 Å². The van der Waals surface area contributed by atoms with E-state index in [0.29, 0.717) is 12.6 Å². The second kappa shape index (κ2) is 5.77. The summed E-state index contributed by atoms with van der Waals surface area (Å²) in [7, 11) is 0. The van der Waals surface area contributed by atoms with E-state index in [-0.39, 0.29) is 11.6 Å². The van der Waals surface area contributed by atoms with Crippen LogP contribution in [-0.2, 0) is 0 Å². The van der Waals surface area contributed by atoms with Gasteiger partial charge in [-0.3, -0.25) is 0 Å². The Morgan fingerprint density at radius 2 is 2.37 bits per heavy atom. The molecule has 0 spiro atoms. The maximum atomic E-state index is 11.8. The topological polar surface area (TPSA) is 57.3 Å². The molecule has 19 heavy (non-hydrogen) atoms. The molecule has 1 aromatic rings. The lowest BCUT2D eigenvalue weighted by Crippen LogP contribution is -2.49. The second-order valence-corrected chi connectivity index (χ2v) is 6.76. The fraction of sp³-hybridized carbons (Fsp3) is 0.692. The third kappa shape index (κ3) is 4.09. The molecule has 1 aliphatic heterocycles. The summed E-state index contributed by atoms with van der Waals surface area (Å²) in [4.78, 5) is 18.4. The molecule has 0 aromatic carbocycles. The predicted molar refractivity (Wildman–Crippen MR) is 78.8 cm³/mol. The van der Waals surface area contributed by atoms with Gasteiger partial charge in [-0.1, -0.05) is 0 Å². The van der Waals surface area contributed by atoms with Gasteiger partial charge in [0, 0.05) is 36.2 Å². The molecule has 0 aliphatic carbocycles. The molecule has 1 atom stereocenters. The van der Waals surface area contributed by atoms with Gasteiger partial charge in [0.25, 0.3) is 0 Å². The van der Waals surface area contributed by atoms with E-state index in [4.69, 9.17) is 0 Å². The molecule has 6 heteroatoms. The summed E-state index contributed by atoms with van der Waals surface area (Å²) in [5.41, 5.74) is -0.200. The fourth-order valence-corrected chi connectivity index (χ4v) is 2.99. The number of rotatable bonds is 3. The Balaban J connectivity index is 1.84. The fourth-order valence-electron chi connectivity index (χ4n) is 2.25. The molecule has 5 nitrogen and oxygen atoms in total. The Labute approximate surface area is 118 Å². The van der Waals surface area contributed by atoms with E-state index in [0.717, 1.165) is 24.5 Å². The van der Waals surface area contributed by atoms with Gasteiger partial charge < -0.3 is 15.5 Å². The van der Waals surface area contributed by atoms with Crippen LogP contribution in [0.2, 0.25) is 0 Å². The van der Waals surface area contributed by atoms with Crippen molar-refractivity contribution in [3.63, 3.8) is 0 Å². The van der Waals surface area contributed by atoms with Crippen LogP contribution in [0.4, 0.5) is 9.93 Å². The summed E-state index contributed by atoms with van der Waals surface area (Å²) in [6.45, 7) is 7.63. The molecule has 0 radical (unpaired) electrons. The monoisotopic (exact) mass is 282 g/mol. The van der Waals surface area contributed by atoms with Crippen molar-refractivity contribution in [2.45, 2.75) is 45.2 Å². The Morgan fingerprint density at radius 1 is 1.58 bits per heavy atom. The smallest absolute Gasteiger partial charge is 0.315 e. The van der Waals surface area contributed by atoms with Gasteiger partial charge in [0.1, 0.15) is 0 Å². The molecule has 2 heterocycles. The average molecular weight is 282 g/mol. The van der Waals surface area contributed by atoms with E-state index in [9.17, 15) is 4.79 Å². The lowest BCUT2D eigenvalue weighted by molar-refractivity contribution is 0.231. The lowest BCUT2D eigenvalue weighted by Gasteiger charge is -2.26. The quantitative estimate of drug-likeness (QED) is 0.893. The van der Waals surface area contributed by atoms with E-state index in [1.807, 2.05) is 32.3 Å². The van der Waals surface area contributed by atoms with Crippen molar-refractivity contribution in [2.75, 3.05) is 18.0 Å². The molecular weight excluding hydrogens is 260 g/mol. The molecule has 0 bridgehead atoms. The Morgan fingerprint density at radius 3 is 3.00 bits per heavy atom. The zero-order chi connectivity index (χ0) is 13.9. The van der Waals surface area contributed by atoms with Crippen LogP contribution in [0.25, 0.3) is 0 Å². The number of urea groups is 1. The SMILES string of the molecule is CC(C)(C)NC(=O)NCC1CCCN1c1nccs1. The number of thiazole rings is 1. The minimum atomic E-state index is -0.200. The summed E-state index contributed by atoms with van der Waals surface area (Å²) >= 11 is 1.65. The summed E-state index contributed by atoms with van der Waals surface area (Å²) in [6.07, 6.45) is 4.09. The zero-order valence-corrected chi connectivity index (χ0v) is 12.6. The maximum absolute atomic E-state index is 11.8. The largest absolute Gasteiger partial charge is 0.343 e. The second-order valence-electron chi connectivity index (χ2n) is 5.89. The summed E-state index contributed by atoms with van der Waals surface area (Å²) in [5, 5.41) is 8.92. The van der Waals surface area contributed by atoms with Crippen LogP contribution < -0.4 is 15.5 Å². The standard InChI is InChI=1S/C13H22N4OS/c1-13(2,3)16-11(18)15-9-10-5-4-7-17(10)12-14-6-8-19-12/h6,8,10H,4-5,7,9H2,1-3H3,(H2,15,16,18). The highest BCUT2D eigenvalue weighted by molar-refractivity contribution is 7.13. The van der Waals surface area contributed by atoms with Gasteiger partial charge >= 0.3 is 6.03 Å². The summed E-state index contributed by atoms with van der Waals surface area (Å²) < 4.78 is 0. The van der Waals surface area contributed by atoms with Crippen LogP contribution >= 0.6 is 11.3 Å². The molecule has 2 rings (SSSR count). The van der Waals surface area contributed by atoms with E-state index in [1.165, 1.54) is 0 Å². The van der Waals surface area contributed by atoms with Crippen molar-refractivity contribution < 1.29 is 4.79 Å². The minimum absolute atomic E-state index is 0.0986. The molecule has 0 saturated carbocycles. The Hall–Kier alpha value is -1.30. The zero-order valence-electron chi connectivity index (χ0n) is 11.8. The highest BCUT2D eigenvalue weighted by Gasteiger charge is 2.26. The van der Waals surface area contributed by atoms with Gasteiger partial charge in [0.05, 0.1) is 0 Å². The van der Waals surface area contributed by atoms with E-state index >= 15 is 0 Å². The number of amides is 2. The van der Waals surface area contributed by atoms with Crippen molar-refractivity contribution in [2.24, 2.45) is 0 Å². The number of hydrogen-bond acceptors (Lipinski definition) is 4. The maximum Gasteiger partial charge on any atom is 0.315 e. The third-order valence-corrected chi connectivity index (χ3v) is 3.84. The number of hydrogen-bond donors (Lipinski definition) is 2. The van der Waals surface area contributed by atoms with Gasteiger partial charge in [-0.25, -0.2) is 9.78 Å². The number of carbonyl (C=O) groups excluding carboxylic acids is 1. The van der Waals surface area contributed by atoms with Crippen molar-refractivity contribution in [3.05, 3.63) is 11.6 Å². The molecule has 2 N–H and O–H groups in total. The van der Waals surface area contributed by atoms with Crippen LogP contribution in [0, 0.1) is 0 Å². The Kier molecular flexibility index (Phi) is 4.29. The Bertz CT molecular complexity index is 413. The van der Waals surface area contributed by atoms with Crippen LogP contribution in [0.5, 0.6) is 0 Å². The van der Waals surface area contributed by atoms with Crippen LogP contribution in [0.3, 0.4) is 0 Å². The minimum Gasteiger partial charge on any atom is -0.343 e.